The molecule has 0 saturated heterocycles. The average molecular weight is 355 g/mol. The summed E-state index contributed by atoms with van der Waals surface area (Å²) in [6.07, 6.45) is 1.58. The number of nitrogens with zero attached hydrogens (tertiary/aromatic N) is 1. The number of rotatable bonds is 4. The van der Waals surface area contributed by atoms with Crippen LogP contribution < -0.4 is 5.32 Å². The van der Waals surface area contributed by atoms with E-state index >= 15 is 0 Å². The van der Waals surface area contributed by atoms with E-state index in [0.29, 0.717) is 26.9 Å². The van der Waals surface area contributed by atoms with Crippen molar-refractivity contribution in [1.29, 1.82) is 0 Å². The molecule has 0 unspecified atom stereocenters. The molecule has 0 radical (unpaired) electrons. The molecule has 5 nitrogen and oxygen atoms in total. The third-order valence-corrected chi connectivity index (χ3v) is 4.33. The minimum atomic E-state index is -0.661. The molecule has 23 heavy (non-hydrogen) atoms. The second-order valence-corrected chi connectivity index (χ2v) is 5.76. The van der Waals surface area contributed by atoms with Crippen LogP contribution in [0.15, 0.2) is 42.1 Å². The van der Waals surface area contributed by atoms with Crippen molar-refractivity contribution >= 4 is 35.2 Å². The largest absolute Gasteiger partial charge is 0.466 e. The van der Waals surface area contributed by atoms with Gasteiger partial charge in [0.2, 0.25) is 0 Å². The fraction of sp³-hybridized carbons (Fsp3) is 0.250. The Hall–Kier alpha value is -1.98. The van der Waals surface area contributed by atoms with Gasteiger partial charge in [0.15, 0.2) is 0 Å². The lowest BCUT2D eigenvalue weighted by Gasteiger charge is -2.34. The van der Waals surface area contributed by atoms with Crippen molar-refractivity contribution in [2.75, 3.05) is 13.7 Å². The number of methoxy groups -OCH3 is 1. The standard InChI is InChI=1S/C16H16Cl2N2O3/c1-4-7-20-9(2)13(15(21)23-3)14(19-16(20)22)10-5-6-11(17)12(18)8-10/h4-6,8,14H,1,7H2,2-3H3,(H,19,22)/t14-/m1/s1. The Balaban J connectivity index is 2.56. The number of amides is 2. The van der Waals surface area contributed by atoms with Gasteiger partial charge in [-0.05, 0) is 24.6 Å². The van der Waals surface area contributed by atoms with E-state index in [9.17, 15) is 9.59 Å². The van der Waals surface area contributed by atoms with Crippen molar-refractivity contribution in [3.05, 3.63) is 57.7 Å². The molecule has 1 heterocycles. The highest BCUT2D eigenvalue weighted by atomic mass is 35.5. The second-order valence-electron chi connectivity index (χ2n) is 4.95. The monoisotopic (exact) mass is 354 g/mol. The number of allylic oxidation sites excluding steroid dienone is 1. The van der Waals surface area contributed by atoms with Crippen molar-refractivity contribution in [2.24, 2.45) is 0 Å². The fourth-order valence-corrected chi connectivity index (χ4v) is 2.75. The number of hydrogen-bond acceptors (Lipinski definition) is 3. The SMILES string of the molecule is C=CCN1C(=O)N[C@H](c2ccc(Cl)c(Cl)c2)C(C(=O)OC)=C1C. The van der Waals surface area contributed by atoms with Gasteiger partial charge in [0.25, 0.3) is 0 Å². The van der Waals surface area contributed by atoms with Crippen LogP contribution in [0.5, 0.6) is 0 Å². The molecular weight excluding hydrogens is 339 g/mol. The van der Waals surface area contributed by atoms with Crippen molar-refractivity contribution in [3.63, 3.8) is 0 Å². The number of ether oxygens (including phenoxy) is 1. The van der Waals surface area contributed by atoms with Crippen LogP contribution in [0.1, 0.15) is 18.5 Å². The minimum Gasteiger partial charge on any atom is -0.466 e. The normalized spacial score (nSPS) is 17.8. The lowest BCUT2D eigenvalue weighted by atomic mass is 9.95. The van der Waals surface area contributed by atoms with E-state index in [1.165, 1.54) is 12.0 Å². The summed E-state index contributed by atoms with van der Waals surface area (Å²) in [5.41, 5.74) is 1.50. The molecule has 1 atom stereocenters. The quantitative estimate of drug-likeness (QED) is 0.662. The molecule has 0 fully saturated rings. The molecule has 1 aliphatic rings. The summed E-state index contributed by atoms with van der Waals surface area (Å²) in [5.74, 6) is -0.521. The summed E-state index contributed by atoms with van der Waals surface area (Å²) in [6.45, 7) is 5.60. The van der Waals surface area contributed by atoms with Crippen molar-refractivity contribution < 1.29 is 14.3 Å². The van der Waals surface area contributed by atoms with Gasteiger partial charge in [0.05, 0.1) is 28.8 Å². The highest BCUT2D eigenvalue weighted by Crippen LogP contribution is 2.34. The molecule has 0 aliphatic carbocycles. The summed E-state index contributed by atoms with van der Waals surface area (Å²) in [6, 6.07) is 3.95. The Labute approximate surface area is 144 Å². The maximum atomic E-state index is 12.3. The van der Waals surface area contributed by atoms with Gasteiger partial charge in [0, 0.05) is 12.2 Å². The van der Waals surface area contributed by atoms with E-state index in [0.717, 1.165) is 0 Å². The predicted molar refractivity (Wildman–Crippen MR) is 89.4 cm³/mol. The van der Waals surface area contributed by atoms with Crippen LogP contribution in [0.25, 0.3) is 0 Å². The van der Waals surface area contributed by atoms with E-state index in [-0.39, 0.29) is 12.6 Å². The zero-order valence-electron chi connectivity index (χ0n) is 12.7. The third kappa shape index (κ3) is 3.35. The van der Waals surface area contributed by atoms with E-state index in [2.05, 4.69) is 11.9 Å². The van der Waals surface area contributed by atoms with Crippen LogP contribution in [-0.2, 0) is 9.53 Å². The summed E-state index contributed by atoms with van der Waals surface area (Å²) in [7, 11) is 1.29. The highest BCUT2D eigenvalue weighted by molar-refractivity contribution is 6.42. The van der Waals surface area contributed by atoms with Crippen LogP contribution in [0.2, 0.25) is 10.0 Å². The lowest BCUT2D eigenvalue weighted by Crippen LogP contribution is -2.48. The van der Waals surface area contributed by atoms with Gasteiger partial charge in [-0.1, -0.05) is 35.3 Å². The third-order valence-electron chi connectivity index (χ3n) is 3.59. The molecule has 2 rings (SSSR count). The van der Waals surface area contributed by atoms with E-state index in [1.54, 1.807) is 31.2 Å². The summed E-state index contributed by atoms with van der Waals surface area (Å²) >= 11 is 12.0. The Morgan fingerprint density at radius 2 is 2.13 bits per heavy atom. The van der Waals surface area contributed by atoms with Gasteiger partial charge in [-0.15, -0.1) is 6.58 Å². The van der Waals surface area contributed by atoms with E-state index < -0.39 is 12.0 Å². The number of hydrogen-bond donors (Lipinski definition) is 1. The first-order chi connectivity index (χ1) is 10.9. The van der Waals surface area contributed by atoms with Crippen LogP contribution in [0.4, 0.5) is 4.79 Å². The van der Waals surface area contributed by atoms with Crippen LogP contribution in [0.3, 0.4) is 0 Å². The first-order valence-corrected chi connectivity index (χ1v) is 7.59. The Kier molecular flexibility index (Phi) is 5.34. The summed E-state index contributed by atoms with van der Waals surface area (Å²) in [4.78, 5) is 26.0. The number of urea groups is 1. The molecule has 122 valence electrons. The predicted octanol–water partition coefficient (Wildman–Crippen LogP) is 3.69. The zero-order chi connectivity index (χ0) is 17.1. The molecule has 0 aromatic heterocycles. The molecular formula is C16H16Cl2N2O3. The van der Waals surface area contributed by atoms with Crippen LogP contribution >= 0.6 is 23.2 Å². The molecule has 7 heteroatoms. The maximum Gasteiger partial charge on any atom is 0.337 e. The molecule has 1 aromatic carbocycles. The summed E-state index contributed by atoms with van der Waals surface area (Å²) in [5, 5.41) is 3.52. The highest BCUT2D eigenvalue weighted by Gasteiger charge is 2.35. The smallest absolute Gasteiger partial charge is 0.337 e. The van der Waals surface area contributed by atoms with Crippen molar-refractivity contribution in [1.82, 2.24) is 10.2 Å². The number of carbonyl (C=O) groups is 2. The van der Waals surface area contributed by atoms with Gasteiger partial charge >= 0.3 is 12.0 Å². The number of carbonyl (C=O) groups excluding carboxylic acids is 2. The van der Waals surface area contributed by atoms with Gasteiger partial charge in [-0.3, -0.25) is 4.90 Å². The molecule has 1 aliphatic heterocycles. The number of nitrogens with one attached hydrogen (secondary N) is 1. The van der Waals surface area contributed by atoms with Crippen LogP contribution in [-0.4, -0.2) is 30.6 Å². The number of halogens is 2. The van der Waals surface area contributed by atoms with Crippen molar-refractivity contribution in [2.45, 2.75) is 13.0 Å². The Morgan fingerprint density at radius 3 is 2.70 bits per heavy atom. The van der Waals surface area contributed by atoms with Gasteiger partial charge in [-0.25, -0.2) is 9.59 Å². The Bertz CT molecular complexity index is 701. The van der Waals surface area contributed by atoms with Gasteiger partial charge in [0.1, 0.15) is 0 Å². The first kappa shape index (κ1) is 17.4. The van der Waals surface area contributed by atoms with Gasteiger partial charge < -0.3 is 10.1 Å². The number of esters is 1. The molecule has 0 saturated carbocycles. The minimum absolute atomic E-state index is 0.284. The summed E-state index contributed by atoms with van der Waals surface area (Å²) < 4.78 is 4.87. The molecule has 0 bridgehead atoms. The second kappa shape index (κ2) is 7.06. The average Bonchev–Trinajstić information content (AvgIpc) is 2.53. The topological polar surface area (TPSA) is 58.6 Å². The first-order valence-electron chi connectivity index (χ1n) is 6.83. The molecule has 0 spiro atoms. The molecule has 1 aromatic rings. The van der Waals surface area contributed by atoms with Gasteiger partial charge in [-0.2, -0.15) is 0 Å². The van der Waals surface area contributed by atoms with Crippen molar-refractivity contribution in [3.8, 4) is 0 Å². The fourth-order valence-electron chi connectivity index (χ4n) is 2.45. The number of benzene rings is 1. The zero-order valence-corrected chi connectivity index (χ0v) is 14.2. The van der Waals surface area contributed by atoms with E-state index in [1.807, 2.05) is 0 Å². The molecule has 1 N–H and O–H groups in total. The molecule has 2 amide bonds. The maximum absolute atomic E-state index is 12.3. The van der Waals surface area contributed by atoms with E-state index in [4.69, 9.17) is 27.9 Å². The van der Waals surface area contributed by atoms with Crippen LogP contribution in [0, 0.1) is 0 Å². The lowest BCUT2D eigenvalue weighted by molar-refractivity contribution is -0.136. The Morgan fingerprint density at radius 1 is 1.43 bits per heavy atom.